The third-order valence-electron chi connectivity index (χ3n) is 4.93. The van der Waals surface area contributed by atoms with Crippen LogP contribution < -0.4 is 0 Å². The van der Waals surface area contributed by atoms with Crippen molar-refractivity contribution in [2.24, 2.45) is 10.8 Å². The van der Waals surface area contributed by atoms with Gasteiger partial charge in [0, 0.05) is 6.04 Å². The first-order valence-corrected chi connectivity index (χ1v) is 6.54. The normalized spacial score (nSPS) is 25.2. The highest BCUT2D eigenvalue weighted by molar-refractivity contribution is 4.91. The highest BCUT2D eigenvalue weighted by atomic mass is 15.2. The zero-order valence-corrected chi connectivity index (χ0v) is 11.6. The Morgan fingerprint density at radius 3 is 2.00 bits per heavy atom. The second-order valence-electron chi connectivity index (χ2n) is 6.60. The van der Waals surface area contributed by atoms with Gasteiger partial charge in [-0.15, -0.1) is 0 Å². The van der Waals surface area contributed by atoms with Gasteiger partial charge in [0.25, 0.3) is 0 Å². The van der Waals surface area contributed by atoms with Crippen LogP contribution in [-0.2, 0) is 0 Å². The minimum Gasteiger partial charge on any atom is -0.301 e. The number of piperidine rings is 1. The van der Waals surface area contributed by atoms with Crippen LogP contribution in [0.25, 0.3) is 0 Å². The van der Waals surface area contributed by atoms with Gasteiger partial charge in [0.1, 0.15) is 0 Å². The number of likely N-dealkylation sites (tertiary alicyclic amines) is 1. The minimum absolute atomic E-state index is 0.453. The predicted molar refractivity (Wildman–Crippen MR) is 68.1 cm³/mol. The molecule has 1 unspecified atom stereocenters. The molecule has 0 saturated carbocycles. The molecular formula is C14H29N. The molecule has 1 heterocycles. The van der Waals surface area contributed by atoms with Crippen LogP contribution >= 0.6 is 0 Å². The molecule has 1 nitrogen and oxygen atoms in total. The maximum absolute atomic E-state index is 2.66. The summed E-state index contributed by atoms with van der Waals surface area (Å²) in [6.07, 6.45) is 4.01. The van der Waals surface area contributed by atoms with Crippen molar-refractivity contribution in [2.75, 3.05) is 13.1 Å². The molecule has 0 N–H and O–H groups in total. The molecule has 1 rings (SSSR count). The summed E-state index contributed by atoms with van der Waals surface area (Å²) in [5.74, 6) is 0. The molecule has 15 heavy (non-hydrogen) atoms. The van der Waals surface area contributed by atoms with Crippen LogP contribution in [0, 0.1) is 10.8 Å². The standard InChI is InChI=1S/C14H29N/c1-7-12(2)15-10-8-14(6,9-11-15)13(3,4)5/h12H,7-11H2,1-6H3. The molecule has 1 aliphatic rings. The Balaban J connectivity index is 2.55. The van der Waals surface area contributed by atoms with Gasteiger partial charge >= 0.3 is 0 Å². The molecule has 0 aromatic heterocycles. The van der Waals surface area contributed by atoms with E-state index in [2.05, 4.69) is 46.4 Å². The monoisotopic (exact) mass is 211 g/mol. The van der Waals surface area contributed by atoms with E-state index in [0.717, 1.165) is 6.04 Å². The Morgan fingerprint density at radius 1 is 1.20 bits per heavy atom. The topological polar surface area (TPSA) is 3.24 Å². The third kappa shape index (κ3) is 2.75. The lowest BCUT2D eigenvalue weighted by molar-refractivity contribution is 0.00924. The fraction of sp³-hybridized carbons (Fsp3) is 1.00. The number of nitrogens with zero attached hydrogens (tertiary/aromatic N) is 1. The lowest BCUT2D eigenvalue weighted by Crippen LogP contribution is -2.47. The molecule has 0 aliphatic carbocycles. The lowest BCUT2D eigenvalue weighted by atomic mass is 9.63. The van der Waals surface area contributed by atoms with Crippen molar-refractivity contribution in [2.45, 2.75) is 66.8 Å². The molecule has 0 amide bonds. The van der Waals surface area contributed by atoms with Crippen LogP contribution in [0.3, 0.4) is 0 Å². The van der Waals surface area contributed by atoms with E-state index in [1.165, 1.54) is 32.4 Å². The summed E-state index contributed by atoms with van der Waals surface area (Å²) in [6.45, 7) is 16.9. The molecule has 1 heteroatoms. The summed E-state index contributed by atoms with van der Waals surface area (Å²) >= 11 is 0. The number of hydrogen-bond acceptors (Lipinski definition) is 1. The van der Waals surface area contributed by atoms with Gasteiger partial charge in [-0.2, -0.15) is 0 Å². The van der Waals surface area contributed by atoms with Crippen molar-refractivity contribution >= 4 is 0 Å². The van der Waals surface area contributed by atoms with Crippen molar-refractivity contribution in [3.8, 4) is 0 Å². The molecule has 0 aromatic rings. The molecular weight excluding hydrogens is 182 g/mol. The summed E-state index contributed by atoms with van der Waals surface area (Å²) in [6, 6.07) is 0.773. The molecule has 90 valence electrons. The SMILES string of the molecule is CCC(C)N1CCC(C)(C(C)(C)C)CC1. The fourth-order valence-electron chi connectivity index (χ4n) is 2.47. The average molecular weight is 211 g/mol. The van der Waals surface area contributed by atoms with Gasteiger partial charge in [-0.05, 0) is 50.1 Å². The molecule has 1 atom stereocenters. The van der Waals surface area contributed by atoms with E-state index in [1.807, 2.05) is 0 Å². The molecule has 1 saturated heterocycles. The second kappa shape index (κ2) is 4.45. The number of hydrogen-bond donors (Lipinski definition) is 0. The van der Waals surface area contributed by atoms with Gasteiger partial charge in [0.05, 0.1) is 0 Å². The highest BCUT2D eigenvalue weighted by Crippen LogP contribution is 2.46. The zero-order valence-electron chi connectivity index (χ0n) is 11.6. The molecule has 0 bridgehead atoms. The maximum Gasteiger partial charge on any atom is 0.00643 e. The first kappa shape index (κ1) is 13.0. The van der Waals surface area contributed by atoms with E-state index in [-0.39, 0.29) is 0 Å². The Kier molecular flexibility index (Phi) is 3.86. The quantitative estimate of drug-likeness (QED) is 0.669. The van der Waals surface area contributed by atoms with Crippen LogP contribution in [0.4, 0.5) is 0 Å². The summed E-state index contributed by atoms with van der Waals surface area (Å²) in [7, 11) is 0. The van der Waals surface area contributed by atoms with E-state index in [0.29, 0.717) is 10.8 Å². The van der Waals surface area contributed by atoms with Gasteiger partial charge in [0.15, 0.2) is 0 Å². The molecule has 1 fully saturated rings. The summed E-state index contributed by atoms with van der Waals surface area (Å²) in [4.78, 5) is 2.66. The van der Waals surface area contributed by atoms with Gasteiger partial charge in [0.2, 0.25) is 0 Å². The Hall–Kier alpha value is -0.0400. The van der Waals surface area contributed by atoms with E-state index in [9.17, 15) is 0 Å². The Morgan fingerprint density at radius 2 is 1.67 bits per heavy atom. The molecule has 1 aliphatic heterocycles. The molecule has 0 aromatic carbocycles. The van der Waals surface area contributed by atoms with Crippen LogP contribution in [0.1, 0.15) is 60.8 Å². The van der Waals surface area contributed by atoms with Gasteiger partial charge in [-0.3, -0.25) is 0 Å². The third-order valence-corrected chi connectivity index (χ3v) is 4.93. The van der Waals surface area contributed by atoms with E-state index < -0.39 is 0 Å². The van der Waals surface area contributed by atoms with Crippen LogP contribution in [0.5, 0.6) is 0 Å². The summed E-state index contributed by atoms with van der Waals surface area (Å²) in [5, 5.41) is 0. The fourth-order valence-corrected chi connectivity index (χ4v) is 2.47. The Bertz CT molecular complexity index is 194. The minimum atomic E-state index is 0.453. The maximum atomic E-state index is 2.66. The molecule has 0 spiro atoms. The average Bonchev–Trinajstić information content (AvgIpc) is 2.16. The second-order valence-corrected chi connectivity index (χ2v) is 6.60. The van der Waals surface area contributed by atoms with Crippen molar-refractivity contribution in [3.05, 3.63) is 0 Å². The summed E-state index contributed by atoms with van der Waals surface area (Å²) < 4.78 is 0. The smallest absolute Gasteiger partial charge is 0.00643 e. The van der Waals surface area contributed by atoms with E-state index in [1.54, 1.807) is 0 Å². The largest absolute Gasteiger partial charge is 0.301 e. The molecule has 0 radical (unpaired) electrons. The first-order chi connectivity index (χ1) is 6.80. The zero-order chi connectivity index (χ0) is 11.7. The number of rotatable bonds is 2. The van der Waals surface area contributed by atoms with Crippen LogP contribution in [-0.4, -0.2) is 24.0 Å². The van der Waals surface area contributed by atoms with Crippen LogP contribution in [0.15, 0.2) is 0 Å². The van der Waals surface area contributed by atoms with Crippen LogP contribution in [0.2, 0.25) is 0 Å². The van der Waals surface area contributed by atoms with Gasteiger partial charge in [-0.25, -0.2) is 0 Å². The first-order valence-electron chi connectivity index (χ1n) is 6.54. The van der Waals surface area contributed by atoms with Crippen molar-refractivity contribution in [1.82, 2.24) is 4.90 Å². The van der Waals surface area contributed by atoms with E-state index in [4.69, 9.17) is 0 Å². The van der Waals surface area contributed by atoms with Crippen molar-refractivity contribution in [3.63, 3.8) is 0 Å². The van der Waals surface area contributed by atoms with Crippen molar-refractivity contribution in [1.29, 1.82) is 0 Å². The van der Waals surface area contributed by atoms with Gasteiger partial charge < -0.3 is 4.90 Å². The lowest BCUT2D eigenvalue weighted by Gasteiger charge is -2.49. The van der Waals surface area contributed by atoms with E-state index >= 15 is 0 Å². The summed E-state index contributed by atoms with van der Waals surface area (Å²) in [5.41, 5.74) is 0.992. The Labute approximate surface area is 96.2 Å². The predicted octanol–water partition coefficient (Wildman–Crippen LogP) is 3.93. The highest BCUT2D eigenvalue weighted by Gasteiger charge is 2.40. The van der Waals surface area contributed by atoms with Gasteiger partial charge in [-0.1, -0.05) is 34.6 Å². The van der Waals surface area contributed by atoms with Crippen molar-refractivity contribution < 1.29 is 0 Å².